The van der Waals surface area contributed by atoms with Crippen LogP contribution in [0.25, 0.3) is 0 Å². The molecular weight excluding hydrogens is 418 g/mol. The van der Waals surface area contributed by atoms with Crippen LogP contribution < -0.4 is 4.74 Å². The lowest BCUT2D eigenvalue weighted by Crippen LogP contribution is -2.18. The monoisotopic (exact) mass is 451 g/mol. The van der Waals surface area contributed by atoms with Gasteiger partial charge in [-0.05, 0) is 86.0 Å². The summed E-state index contributed by atoms with van der Waals surface area (Å²) in [6.45, 7) is 0. The molecule has 0 heterocycles. The standard InChI is InChI=1S/C26H33F4NO/c27-24(18-31)3-1-2-19-4-6-20(7-5-19)8-9-21-10-12-22(13-11-21)23-14-16-25(17-15-23)32-26(28,29)30/h3,14-17,19-22H,1-2,4-13H2. The molecule has 176 valence electrons. The fraction of sp³-hybridized carbons (Fsp3) is 0.654. The minimum atomic E-state index is -4.65. The summed E-state index contributed by atoms with van der Waals surface area (Å²) in [5.74, 6) is 1.84. The van der Waals surface area contributed by atoms with Gasteiger partial charge in [-0.2, -0.15) is 9.65 Å². The maximum Gasteiger partial charge on any atom is 0.573 e. The van der Waals surface area contributed by atoms with Gasteiger partial charge in [0.25, 0.3) is 0 Å². The van der Waals surface area contributed by atoms with Gasteiger partial charge in [-0.3, -0.25) is 0 Å². The topological polar surface area (TPSA) is 33.0 Å². The Morgan fingerprint density at radius 3 is 1.88 bits per heavy atom. The third-order valence-electron chi connectivity index (χ3n) is 7.39. The zero-order chi connectivity index (χ0) is 23.0. The molecule has 2 aliphatic carbocycles. The molecule has 32 heavy (non-hydrogen) atoms. The van der Waals surface area contributed by atoms with Crippen LogP contribution >= 0.6 is 0 Å². The molecule has 0 amide bonds. The van der Waals surface area contributed by atoms with Crippen molar-refractivity contribution in [3.63, 3.8) is 0 Å². The van der Waals surface area contributed by atoms with Gasteiger partial charge in [-0.1, -0.05) is 50.7 Å². The summed E-state index contributed by atoms with van der Waals surface area (Å²) < 4.78 is 53.8. The quantitative estimate of drug-likeness (QED) is 0.293. The molecular formula is C26H33F4NO. The summed E-state index contributed by atoms with van der Waals surface area (Å²) >= 11 is 0. The first-order chi connectivity index (χ1) is 15.3. The highest BCUT2D eigenvalue weighted by Gasteiger charge is 2.31. The Hall–Kier alpha value is -2.03. The number of benzene rings is 1. The van der Waals surface area contributed by atoms with Gasteiger partial charge < -0.3 is 4.74 Å². The summed E-state index contributed by atoms with van der Waals surface area (Å²) in [7, 11) is 0. The van der Waals surface area contributed by atoms with E-state index in [2.05, 4.69) is 4.74 Å². The average Bonchev–Trinajstić information content (AvgIpc) is 2.78. The number of ether oxygens (including phenoxy) is 1. The van der Waals surface area contributed by atoms with E-state index in [0.29, 0.717) is 18.3 Å². The first kappa shape index (κ1) is 24.6. The lowest BCUT2D eigenvalue weighted by atomic mass is 9.74. The van der Waals surface area contributed by atoms with E-state index in [9.17, 15) is 17.6 Å². The van der Waals surface area contributed by atoms with E-state index in [4.69, 9.17) is 5.26 Å². The molecule has 6 heteroatoms. The van der Waals surface area contributed by atoms with Crippen molar-refractivity contribution >= 4 is 0 Å². The second kappa shape index (κ2) is 11.7. The molecule has 0 aromatic heterocycles. The lowest BCUT2D eigenvalue weighted by Gasteiger charge is -2.32. The lowest BCUT2D eigenvalue weighted by molar-refractivity contribution is -0.274. The first-order valence-corrected chi connectivity index (χ1v) is 11.9. The summed E-state index contributed by atoms with van der Waals surface area (Å²) in [5.41, 5.74) is 1.11. The minimum absolute atomic E-state index is 0.157. The van der Waals surface area contributed by atoms with Gasteiger partial charge in [0.2, 0.25) is 0 Å². The number of hydrogen-bond acceptors (Lipinski definition) is 2. The van der Waals surface area contributed by atoms with Crippen molar-refractivity contribution in [1.82, 2.24) is 0 Å². The second-order valence-corrected chi connectivity index (χ2v) is 9.54. The number of alkyl halides is 3. The predicted molar refractivity (Wildman–Crippen MR) is 117 cm³/mol. The average molecular weight is 452 g/mol. The van der Waals surface area contributed by atoms with E-state index >= 15 is 0 Å². The Balaban J connectivity index is 1.32. The van der Waals surface area contributed by atoms with Gasteiger partial charge in [0.05, 0.1) is 0 Å². The molecule has 1 aromatic rings. The SMILES string of the molecule is N#CC(F)=CCCC1CCC(CCC2CCC(c3ccc(OC(F)(F)F)cc3)CC2)CC1. The smallest absolute Gasteiger partial charge is 0.406 e. The summed E-state index contributed by atoms with van der Waals surface area (Å²) in [6, 6.07) is 7.91. The van der Waals surface area contributed by atoms with Crippen LogP contribution in [0.2, 0.25) is 0 Å². The van der Waals surface area contributed by atoms with E-state index in [1.54, 1.807) is 12.1 Å². The summed E-state index contributed by atoms with van der Waals surface area (Å²) in [4.78, 5) is 0. The molecule has 0 spiro atoms. The zero-order valence-electron chi connectivity index (χ0n) is 18.5. The summed E-state index contributed by atoms with van der Waals surface area (Å²) in [6.07, 6.45) is 10.5. The van der Waals surface area contributed by atoms with E-state index in [1.165, 1.54) is 75.6 Å². The fourth-order valence-electron chi connectivity index (χ4n) is 5.50. The van der Waals surface area contributed by atoms with Crippen molar-refractivity contribution in [3.05, 3.63) is 41.7 Å². The van der Waals surface area contributed by atoms with Crippen LogP contribution in [-0.4, -0.2) is 6.36 Å². The number of nitrogens with zero attached hydrogens (tertiary/aromatic N) is 1. The second-order valence-electron chi connectivity index (χ2n) is 9.54. The van der Waals surface area contributed by atoms with E-state index in [-0.39, 0.29) is 5.75 Å². The zero-order valence-corrected chi connectivity index (χ0v) is 18.5. The van der Waals surface area contributed by atoms with Gasteiger partial charge in [-0.15, -0.1) is 13.2 Å². The molecule has 2 saturated carbocycles. The fourth-order valence-corrected chi connectivity index (χ4v) is 5.50. The molecule has 2 fully saturated rings. The molecule has 0 saturated heterocycles. The molecule has 0 radical (unpaired) electrons. The first-order valence-electron chi connectivity index (χ1n) is 11.9. The van der Waals surface area contributed by atoms with Crippen molar-refractivity contribution in [1.29, 1.82) is 5.26 Å². The Morgan fingerprint density at radius 1 is 0.875 bits per heavy atom. The third kappa shape index (κ3) is 8.15. The Bertz CT molecular complexity index is 765. The maximum absolute atomic E-state index is 12.9. The number of allylic oxidation sites excluding steroid dienone is 2. The minimum Gasteiger partial charge on any atom is -0.406 e. The number of hydrogen-bond donors (Lipinski definition) is 0. The Labute approximate surface area is 188 Å². The van der Waals surface area contributed by atoms with Crippen LogP contribution in [0.4, 0.5) is 17.6 Å². The van der Waals surface area contributed by atoms with Gasteiger partial charge >= 0.3 is 6.36 Å². The van der Waals surface area contributed by atoms with Gasteiger partial charge in [0, 0.05) is 0 Å². The molecule has 3 rings (SSSR count). The van der Waals surface area contributed by atoms with Crippen LogP contribution in [-0.2, 0) is 0 Å². The number of rotatable bonds is 8. The largest absolute Gasteiger partial charge is 0.573 e. The van der Waals surface area contributed by atoms with Gasteiger partial charge in [0.15, 0.2) is 5.83 Å². The van der Waals surface area contributed by atoms with Crippen molar-refractivity contribution in [2.24, 2.45) is 17.8 Å². The third-order valence-corrected chi connectivity index (χ3v) is 7.39. The van der Waals surface area contributed by atoms with Crippen molar-refractivity contribution in [3.8, 4) is 11.8 Å². The van der Waals surface area contributed by atoms with Gasteiger partial charge in [0.1, 0.15) is 11.8 Å². The van der Waals surface area contributed by atoms with Crippen LogP contribution in [0, 0.1) is 29.1 Å². The summed E-state index contributed by atoms with van der Waals surface area (Å²) in [5, 5.41) is 8.46. The highest BCUT2D eigenvalue weighted by atomic mass is 19.4. The van der Waals surface area contributed by atoms with Crippen molar-refractivity contribution in [2.45, 2.75) is 89.3 Å². The highest BCUT2D eigenvalue weighted by molar-refractivity contribution is 5.29. The molecule has 0 atom stereocenters. The molecule has 2 aliphatic rings. The van der Waals surface area contributed by atoms with Crippen LogP contribution in [0.15, 0.2) is 36.2 Å². The van der Waals surface area contributed by atoms with E-state index < -0.39 is 12.2 Å². The van der Waals surface area contributed by atoms with Crippen LogP contribution in [0.5, 0.6) is 5.75 Å². The Morgan fingerprint density at radius 2 is 1.38 bits per heavy atom. The van der Waals surface area contributed by atoms with Crippen LogP contribution in [0.3, 0.4) is 0 Å². The predicted octanol–water partition coefficient (Wildman–Crippen LogP) is 8.60. The number of halogens is 4. The molecule has 0 aliphatic heterocycles. The highest BCUT2D eigenvalue weighted by Crippen LogP contribution is 2.40. The molecule has 0 N–H and O–H groups in total. The van der Waals surface area contributed by atoms with Crippen molar-refractivity contribution in [2.75, 3.05) is 0 Å². The number of nitriles is 1. The molecule has 0 unspecified atom stereocenters. The normalized spacial score (nSPS) is 27.0. The Kier molecular flexibility index (Phi) is 9.02. The van der Waals surface area contributed by atoms with Crippen LogP contribution in [0.1, 0.15) is 88.5 Å². The van der Waals surface area contributed by atoms with Gasteiger partial charge in [-0.25, -0.2) is 0 Å². The van der Waals surface area contributed by atoms with E-state index in [0.717, 1.165) is 36.7 Å². The van der Waals surface area contributed by atoms with E-state index in [1.807, 2.05) is 0 Å². The molecule has 0 bridgehead atoms. The molecule has 2 nitrogen and oxygen atoms in total. The van der Waals surface area contributed by atoms with Crippen molar-refractivity contribution < 1.29 is 22.3 Å². The molecule has 1 aromatic carbocycles. The maximum atomic E-state index is 12.9.